The summed E-state index contributed by atoms with van der Waals surface area (Å²) in [5.74, 6) is 1.47. The van der Waals surface area contributed by atoms with E-state index in [1.807, 2.05) is 37.7 Å². The monoisotopic (exact) mass is 277 g/mol. The van der Waals surface area contributed by atoms with Gasteiger partial charge in [0.2, 0.25) is 0 Å². The largest absolute Gasteiger partial charge is 0.301 e. The number of Topliss-reactive ketones (excluding diaryl/α,β-unsaturated/α-hetero) is 1. The zero-order valence-corrected chi connectivity index (χ0v) is 12.9. The molecule has 0 radical (unpaired) electrons. The van der Waals surface area contributed by atoms with Crippen molar-refractivity contribution in [2.24, 2.45) is 0 Å². The maximum absolute atomic E-state index is 12.2. The third-order valence-electron chi connectivity index (χ3n) is 3.52. The Morgan fingerprint density at radius 3 is 2.63 bits per heavy atom. The molecule has 2 nitrogen and oxygen atoms in total. The van der Waals surface area contributed by atoms with Crippen LogP contribution >= 0.6 is 11.8 Å². The Balaban J connectivity index is 1.90. The van der Waals surface area contributed by atoms with E-state index >= 15 is 0 Å². The van der Waals surface area contributed by atoms with Gasteiger partial charge in [-0.25, -0.2) is 0 Å². The standard InChI is InChI=1S/C16H23NOS/c1-12-8-13(2)10-15(9-12)16(18)4-5-17-6-7-19-14(3)11-17/h8-10,14H,4-7,11H2,1-3H3. The van der Waals surface area contributed by atoms with Crippen LogP contribution in [0, 0.1) is 13.8 Å². The number of nitrogens with zero attached hydrogens (tertiary/aromatic N) is 1. The minimum absolute atomic E-state index is 0.276. The van der Waals surface area contributed by atoms with Gasteiger partial charge in [-0.1, -0.05) is 24.1 Å². The lowest BCUT2D eigenvalue weighted by Gasteiger charge is -2.30. The van der Waals surface area contributed by atoms with E-state index in [2.05, 4.69) is 17.9 Å². The average Bonchev–Trinajstić information content (AvgIpc) is 2.35. The van der Waals surface area contributed by atoms with E-state index < -0.39 is 0 Å². The van der Waals surface area contributed by atoms with Gasteiger partial charge in [0.15, 0.2) is 5.78 Å². The molecule has 0 N–H and O–H groups in total. The smallest absolute Gasteiger partial charge is 0.164 e. The molecule has 19 heavy (non-hydrogen) atoms. The van der Waals surface area contributed by atoms with E-state index in [0.29, 0.717) is 11.7 Å². The minimum atomic E-state index is 0.276. The number of aryl methyl sites for hydroxylation is 2. The molecule has 1 aromatic carbocycles. The summed E-state index contributed by atoms with van der Waals surface area (Å²) in [5, 5.41) is 0.699. The van der Waals surface area contributed by atoms with Crippen LogP contribution in [0.15, 0.2) is 18.2 Å². The molecular weight excluding hydrogens is 254 g/mol. The molecule has 0 amide bonds. The van der Waals surface area contributed by atoms with Crippen molar-refractivity contribution in [2.75, 3.05) is 25.4 Å². The fourth-order valence-corrected chi connectivity index (χ4v) is 3.72. The predicted octanol–water partition coefficient (Wildman–Crippen LogP) is 3.31. The van der Waals surface area contributed by atoms with Crippen LogP contribution in [-0.4, -0.2) is 41.3 Å². The van der Waals surface area contributed by atoms with Gasteiger partial charge in [-0.15, -0.1) is 0 Å². The van der Waals surface area contributed by atoms with Crippen LogP contribution in [0.3, 0.4) is 0 Å². The van der Waals surface area contributed by atoms with Crippen molar-refractivity contribution in [3.63, 3.8) is 0 Å². The molecule has 0 aliphatic carbocycles. The quantitative estimate of drug-likeness (QED) is 0.788. The number of hydrogen-bond acceptors (Lipinski definition) is 3. The highest BCUT2D eigenvalue weighted by atomic mass is 32.2. The first-order chi connectivity index (χ1) is 9.04. The Labute approximate surface area is 120 Å². The molecule has 1 aromatic rings. The molecule has 0 saturated carbocycles. The van der Waals surface area contributed by atoms with Gasteiger partial charge in [-0.3, -0.25) is 4.79 Å². The molecule has 0 bridgehead atoms. The van der Waals surface area contributed by atoms with Gasteiger partial charge in [0, 0.05) is 42.6 Å². The summed E-state index contributed by atoms with van der Waals surface area (Å²) in [6.07, 6.45) is 0.639. The Kier molecular flexibility index (Phi) is 5.06. The van der Waals surface area contributed by atoms with Gasteiger partial charge in [0.05, 0.1) is 0 Å². The van der Waals surface area contributed by atoms with Crippen molar-refractivity contribution in [3.8, 4) is 0 Å². The fourth-order valence-electron chi connectivity index (χ4n) is 2.63. The van der Waals surface area contributed by atoms with Crippen LogP contribution in [-0.2, 0) is 0 Å². The lowest BCUT2D eigenvalue weighted by atomic mass is 10.0. The van der Waals surface area contributed by atoms with E-state index in [0.717, 1.165) is 25.2 Å². The zero-order valence-electron chi connectivity index (χ0n) is 12.1. The second-order valence-corrected chi connectivity index (χ2v) is 7.08. The van der Waals surface area contributed by atoms with E-state index in [1.54, 1.807) is 0 Å². The van der Waals surface area contributed by atoms with Crippen molar-refractivity contribution in [1.82, 2.24) is 4.90 Å². The number of carbonyl (C=O) groups is 1. The Bertz CT molecular complexity index is 438. The third-order valence-corrected chi connectivity index (χ3v) is 4.66. The molecule has 104 valence electrons. The highest BCUT2D eigenvalue weighted by Crippen LogP contribution is 2.18. The van der Waals surface area contributed by atoms with Gasteiger partial charge in [0.25, 0.3) is 0 Å². The molecule has 1 unspecified atom stereocenters. The van der Waals surface area contributed by atoms with Gasteiger partial charge in [-0.2, -0.15) is 11.8 Å². The molecule has 0 aromatic heterocycles. The van der Waals surface area contributed by atoms with E-state index in [-0.39, 0.29) is 5.78 Å². The van der Waals surface area contributed by atoms with Crippen molar-refractivity contribution in [3.05, 3.63) is 34.9 Å². The summed E-state index contributed by atoms with van der Waals surface area (Å²) < 4.78 is 0. The zero-order chi connectivity index (χ0) is 13.8. The first-order valence-electron chi connectivity index (χ1n) is 7.00. The van der Waals surface area contributed by atoms with Gasteiger partial charge < -0.3 is 4.90 Å². The van der Waals surface area contributed by atoms with Gasteiger partial charge >= 0.3 is 0 Å². The van der Waals surface area contributed by atoms with Crippen LogP contribution < -0.4 is 0 Å². The number of ketones is 1. The van der Waals surface area contributed by atoms with Crippen LogP contribution in [0.1, 0.15) is 34.8 Å². The van der Waals surface area contributed by atoms with E-state index in [4.69, 9.17) is 0 Å². The van der Waals surface area contributed by atoms with Crippen molar-refractivity contribution < 1.29 is 4.79 Å². The lowest BCUT2D eigenvalue weighted by molar-refractivity contribution is 0.0965. The number of carbonyl (C=O) groups excluding carboxylic acids is 1. The predicted molar refractivity (Wildman–Crippen MR) is 83.2 cm³/mol. The molecule has 1 aliphatic heterocycles. The third kappa shape index (κ3) is 4.36. The SMILES string of the molecule is Cc1cc(C)cc(C(=O)CCN2CCSC(C)C2)c1. The number of thioether (sulfide) groups is 1. The van der Waals surface area contributed by atoms with Gasteiger partial charge in [0.1, 0.15) is 0 Å². The van der Waals surface area contributed by atoms with Gasteiger partial charge in [-0.05, 0) is 26.0 Å². The minimum Gasteiger partial charge on any atom is -0.301 e. The molecule has 0 spiro atoms. The summed E-state index contributed by atoms with van der Waals surface area (Å²) in [6.45, 7) is 9.50. The maximum Gasteiger partial charge on any atom is 0.164 e. The molecule has 1 saturated heterocycles. The summed E-state index contributed by atoms with van der Waals surface area (Å²) >= 11 is 2.03. The molecule has 2 rings (SSSR count). The Morgan fingerprint density at radius 1 is 1.32 bits per heavy atom. The number of rotatable bonds is 4. The highest BCUT2D eigenvalue weighted by Gasteiger charge is 2.17. The molecule has 1 atom stereocenters. The number of benzene rings is 1. The second-order valence-electron chi connectivity index (χ2n) is 5.53. The van der Waals surface area contributed by atoms with Crippen LogP contribution in [0.4, 0.5) is 0 Å². The normalized spacial score (nSPS) is 20.5. The number of hydrogen-bond donors (Lipinski definition) is 0. The van der Waals surface area contributed by atoms with Crippen LogP contribution in [0.25, 0.3) is 0 Å². The molecule has 3 heteroatoms. The summed E-state index contributed by atoms with van der Waals surface area (Å²) in [7, 11) is 0. The fraction of sp³-hybridized carbons (Fsp3) is 0.562. The van der Waals surface area contributed by atoms with E-state index in [1.165, 1.54) is 16.9 Å². The first-order valence-corrected chi connectivity index (χ1v) is 8.05. The summed E-state index contributed by atoms with van der Waals surface area (Å²) in [5.41, 5.74) is 3.22. The summed E-state index contributed by atoms with van der Waals surface area (Å²) in [6, 6.07) is 6.12. The highest BCUT2D eigenvalue weighted by molar-refractivity contribution is 7.99. The Hall–Kier alpha value is -0.800. The summed E-state index contributed by atoms with van der Waals surface area (Å²) in [4.78, 5) is 14.7. The van der Waals surface area contributed by atoms with Crippen LogP contribution in [0.5, 0.6) is 0 Å². The van der Waals surface area contributed by atoms with E-state index in [9.17, 15) is 4.79 Å². The molecule has 1 aliphatic rings. The van der Waals surface area contributed by atoms with Crippen LogP contribution in [0.2, 0.25) is 0 Å². The first kappa shape index (κ1) is 14.6. The average molecular weight is 277 g/mol. The van der Waals surface area contributed by atoms with Crippen molar-refractivity contribution in [1.29, 1.82) is 0 Å². The lowest BCUT2D eigenvalue weighted by Crippen LogP contribution is -2.37. The second kappa shape index (κ2) is 6.58. The molecule has 1 fully saturated rings. The molecular formula is C16H23NOS. The maximum atomic E-state index is 12.2. The van der Waals surface area contributed by atoms with Crippen molar-refractivity contribution in [2.45, 2.75) is 32.4 Å². The van der Waals surface area contributed by atoms with Crippen molar-refractivity contribution >= 4 is 17.5 Å². The topological polar surface area (TPSA) is 20.3 Å². The Morgan fingerprint density at radius 2 is 2.00 bits per heavy atom. The molecule has 1 heterocycles.